The van der Waals surface area contributed by atoms with Gasteiger partial charge in [-0.25, -0.2) is 4.79 Å². The van der Waals surface area contributed by atoms with E-state index >= 15 is 0 Å². The fourth-order valence-corrected chi connectivity index (χ4v) is 4.57. The number of benzene rings is 1. The number of likely N-dealkylation sites (tertiary alicyclic amines) is 1. The normalized spacial score (nSPS) is 19.7. The average Bonchev–Trinajstić information content (AvgIpc) is 3.50. The first-order valence-electron chi connectivity index (χ1n) is 11.3. The van der Waals surface area contributed by atoms with Crippen molar-refractivity contribution < 1.29 is 18.8 Å². The third-order valence-corrected chi connectivity index (χ3v) is 6.39. The van der Waals surface area contributed by atoms with Gasteiger partial charge in [-0.05, 0) is 65.0 Å². The molecule has 1 amide bonds. The second-order valence-electron chi connectivity index (χ2n) is 9.58. The average molecular weight is 481 g/mol. The molecule has 1 saturated heterocycles. The van der Waals surface area contributed by atoms with Crippen LogP contribution < -0.4 is 0 Å². The minimum absolute atomic E-state index is 0.0407. The molecule has 1 aliphatic heterocycles. The van der Waals surface area contributed by atoms with Gasteiger partial charge in [0.15, 0.2) is 0 Å². The Balaban J connectivity index is 1.45. The van der Waals surface area contributed by atoms with E-state index in [1.165, 1.54) is 0 Å². The highest BCUT2D eigenvalue weighted by atomic mass is 35.5. The van der Waals surface area contributed by atoms with E-state index in [-0.39, 0.29) is 12.2 Å². The summed E-state index contributed by atoms with van der Waals surface area (Å²) in [7, 11) is 0. The number of rotatable bonds is 5. The highest BCUT2D eigenvalue weighted by Gasteiger charge is 2.34. The molecule has 4 rings (SSSR count). The van der Waals surface area contributed by atoms with Gasteiger partial charge in [0.05, 0.1) is 22.8 Å². The molecule has 8 heteroatoms. The Morgan fingerprint density at radius 3 is 2.53 bits per heavy atom. The minimum Gasteiger partial charge on any atom is -0.444 e. The Bertz CT molecular complexity index is 945. The van der Waals surface area contributed by atoms with Crippen molar-refractivity contribution in [3.05, 3.63) is 39.6 Å². The first kappa shape index (κ1) is 23.4. The Hall–Kier alpha value is -1.76. The van der Waals surface area contributed by atoms with Crippen molar-refractivity contribution in [3.8, 4) is 11.3 Å². The number of carbonyl (C=O) groups excluding carboxylic acids is 1. The van der Waals surface area contributed by atoms with E-state index in [4.69, 9.17) is 37.2 Å². The standard InChI is InChI=1S/C24H30Cl2N2O4/c1-24(2,3)31-23(29)28-12-5-6-16(11-13-28)30-14-17-21(27-32-22(17)15-9-10-15)20-18(25)7-4-8-19(20)26/h4,7-8,15-16H,5-6,9-14H2,1-3H3. The number of nitrogens with zero attached hydrogens (tertiary/aromatic N) is 2. The van der Waals surface area contributed by atoms with Crippen LogP contribution >= 0.6 is 23.2 Å². The number of hydrogen-bond donors (Lipinski definition) is 0. The van der Waals surface area contributed by atoms with Crippen LogP contribution in [-0.4, -0.2) is 40.9 Å². The zero-order chi connectivity index (χ0) is 22.9. The lowest BCUT2D eigenvalue weighted by Gasteiger charge is -2.26. The van der Waals surface area contributed by atoms with Crippen LogP contribution in [0, 0.1) is 0 Å². The summed E-state index contributed by atoms with van der Waals surface area (Å²) in [5.74, 6) is 1.26. The molecule has 0 N–H and O–H groups in total. The molecule has 0 bridgehead atoms. The van der Waals surface area contributed by atoms with Crippen molar-refractivity contribution in [3.63, 3.8) is 0 Å². The van der Waals surface area contributed by atoms with Crippen LogP contribution in [0.2, 0.25) is 10.0 Å². The van der Waals surface area contributed by atoms with Crippen LogP contribution in [0.5, 0.6) is 0 Å². The van der Waals surface area contributed by atoms with Crippen LogP contribution in [0.3, 0.4) is 0 Å². The van der Waals surface area contributed by atoms with E-state index < -0.39 is 5.60 Å². The van der Waals surface area contributed by atoms with Gasteiger partial charge in [0.25, 0.3) is 0 Å². The summed E-state index contributed by atoms with van der Waals surface area (Å²) in [6.07, 6.45) is 4.46. The molecule has 32 heavy (non-hydrogen) atoms. The number of ether oxygens (including phenoxy) is 2. The molecule has 2 aliphatic rings. The summed E-state index contributed by atoms with van der Waals surface area (Å²) < 4.78 is 17.6. The molecule has 1 aromatic carbocycles. The molecule has 0 spiro atoms. The van der Waals surface area contributed by atoms with Crippen LogP contribution in [0.4, 0.5) is 4.79 Å². The maximum Gasteiger partial charge on any atom is 0.410 e. The van der Waals surface area contributed by atoms with Crippen molar-refractivity contribution >= 4 is 29.3 Å². The summed E-state index contributed by atoms with van der Waals surface area (Å²) in [6.45, 7) is 7.32. The van der Waals surface area contributed by atoms with Crippen molar-refractivity contribution in [1.29, 1.82) is 0 Å². The van der Waals surface area contributed by atoms with Crippen molar-refractivity contribution in [1.82, 2.24) is 10.1 Å². The zero-order valence-corrected chi connectivity index (χ0v) is 20.3. The van der Waals surface area contributed by atoms with E-state index in [2.05, 4.69) is 5.16 Å². The van der Waals surface area contributed by atoms with Crippen LogP contribution in [0.25, 0.3) is 11.3 Å². The summed E-state index contributed by atoms with van der Waals surface area (Å²) >= 11 is 12.9. The molecule has 6 nitrogen and oxygen atoms in total. The fourth-order valence-electron chi connectivity index (χ4n) is 3.99. The quantitative estimate of drug-likeness (QED) is 0.468. The molecular formula is C24H30Cl2N2O4. The maximum atomic E-state index is 12.4. The van der Waals surface area contributed by atoms with Crippen LogP contribution in [-0.2, 0) is 16.1 Å². The lowest BCUT2D eigenvalue weighted by molar-refractivity contribution is 0.0191. The van der Waals surface area contributed by atoms with E-state index in [0.29, 0.717) is 46.9 Å². The molecule has 2 heterocycles. The summed E-state index contributed by atoms with van der Waals surface area (Å²) in [5, 5.41) is 5.41. The highest BCUT2D eigenvalue weighted by Crippen LogP contribution is 2.46. The van der Waals surface area contributed by atoms with E-state index in [1.54, 1.807) is 17.0 Å². The molecular weight excluding hydrogens is 451 g/mol. The molecule has 0 radical (unpaired) electrons. The van der Waals surface area contributed by atoms with Crippen molar-refractivity contribution in [2.45, 2.75) is 77.1 Å². The molecule has 1 aliphatic carbocycles. The summed E-state index contributed by atoms with van der Waals surface area (Å²) in [6, 6.07) is 5.42. The van der Waals surface area contributed by atoms with Gasteiger partial charge >= 0.3 is 6.09 Å². The lowest BCUT2D eigenvalue weighted by Crippen LogP contribution is -2.37. The number of amides is 1. The second kappa shape index (κ2) is 9.62. The van der Waals surface area contributed by atoms with Gasteiger partial charge in [0.2, 0.25) is 0 Å². The molecule has 174 valence electrons. The predicted octanol–water partition coefficient (Wildman–Crippen LogP) is 6.83. The molecule has 1 aromatic heterocycles. The van der Waals surface area contributed by atoms with Gasteiger partial charge in [-0.3, -0.25) is 0 Å². The predicted molar refractivity (Wildman–Crippen MR) is 124 cm³/mol. The molecule has 1 atom stereocenters. The third kappa shape index (κ3) is 5.59. The maximum absolute atomic E-state index is 12.4. The largest absolute Gasteiger partial charge is 0.444 e. The lowest BCUT2D eigenvalue weighted by atomic mass is 10.0. The van der Waals surface area contributed by atoms with E-state index in [0.717, 1.165) is 43.4 Å². The van der Waals surface area contributed by atoms with E-state index in [9.17, 15) is 4.79 Å². The molecule has 2 fully saturated rings. The van der Waals surface area contributed by atoms with Crippen LogP contribution in [0.1, 0.15) is 70.1 Å². The summed E-state index contributed by atoms with van der Waals surface area (Å²) in [4.78, 5) is 14.2. The topological polar surface area (TPSA) is 64.8 Å². The zero-order valence-electron chi connectivity index (χ0n) is 18.8. The second-order valence-corrected chi connectivity index (χ2v) is 10.4. The van der Waals surface area contributed by atoms with Gasteiger partial charge < -0.3 is 18.9 Å². The van der Waals surface area contributed by atoms with Crippen molar-refractivity contribution in [2.75, 3.05) is 13.1 Å². The summed E-state index contributed by atoms with van der Waals surface area (Å²) in [5.41, 5.74) is 1.77. The minimum atomic E-state index is -0.497. The molecule has 1 unspecified atom stereocenters. The van der Waals surface area contributed by atoms with Gasteiger partial charge in [0.1, 0.15) is 17.1 Å². The first-order valence-corrected chi connectivity index (χ1v) is 12.0. The monoisotopic (exact) mass is 480 g/mol. The fraction of sp³-hybridized carbons (Fsp3) is 0.583. The molecule has 1 saturated carbocycles. The third-order valence-electron chi connectivity index (χ3n) is 5.76. The van der Waals surface area contributed by atoms with Gasteiger partial charge in [-0.2, -0.15) is 0 Å². The van der Waals surface area contributed by atoms with Crippen molar-refractivity contribution in [2.24, 2.45) is 0 Å². The first-order chi connectivity index (χ1) is 15.2. The SMILES string of the molecule is CC(C)(C)OC(=O)N1CCCC(OCc2c(-c3c(Cl)cccc3Cl)noc2C2CC2)CC1. The smallest absolute Gasteiger partial charge is 0.410 e. The number of hydrogen-bond acceptors (Lipinski definition) is 5. The van der Waals surface area contributed by atoms with Gasteiger partial charge in [0, 0.05) is 30.1 Å². The Morgan fingerprint density at radius 1 is 1.16 bits per heavy atom. The van der Waals surface area contributed by atoms with Gasteiger partial charge in [-0.1, -0.05) is 34.4 Å². The Kier molecular flexibility index (Phi) is 7.03. The number of halogens is 2. The number of aromatic nitrogens is 1. The van der Waals surface area contributed by atoms with E-state index in [1.807, 2.05) is 26.8 Å². The van der Waals surface area contributed by atoms with Crippen LogP contribution in [0.15, 0.2) is 22.7 Å². The Morgan fingerprint density at radius 2 is 1.88 bits per heavy atom. The Labute approximate surface area is 199 Å². The molecule has 2 aromatic rings. The number of carbonyl (C=O) groups is 1. The van der Waals surface area contributed by atoms with Gasteiger partial charge in [-0.15, -0.1) is 0 Å². The highest BCUT2D eigenvalue weighted by molar-refractivity contribution is 6.39.